The van der Waals surface area contributed by atoms with Crippen molar-refractivity contribution in [2.45, 2.75) is 18.9 Å². The van der Waals surface area contributed by atoms with Crippen LogP contribution < -0.4 is 16.4 Å². The molecule has 4 nitrogen and oxygen atoms in total. The number of carbonyl (C=O) groups excluding carboxylic acids is 1. The zero-order valence-corrected chi connectivity index (χ0v) is 12.1. The molecule has 2 aromatic rings. The van der Waals surface area contributed by atoms with E-state index in [1.165, 1.54) is 11.1 Å². The van der Waals surface area contributed by atoms with E-state index in [9.17, 15) is 4.79 Å². The van der Waals surface area contributed by atoms with Crippen LogP contribution in [0.4, 0.5) is 10.5 Å². The Kier molecular flexibility index (Phi) is 2.89. The van der Waals surface area contributed by atoms with Crippen molar-refractivity contribution in [2.24, 2.45) is 0 Å². The Morgan fingerprint density at radius 2 is 1.91 bits per heavy atom. The number of amides is 2. The maximum atomic E-state index is 12.1. The fourth-order valence-corrected chi connectivity index (χ4v) is 3.38. The van der Waals surface area contributed by atoms with Crippen molar-refractivity contribution in [3.05, 3.63) is 70.8 Å². The predicted molar refractivity (Wildman–Crippen MR) is 86.9 cm³/mol. The van der Waals surface area contributed by atoms with Gasteiger partial charge in [0.2, 0.25) is 0 Å². The highest BCUT2D eigenvalue weighted by atomic mass is 16.2. The van der Waals surface area contributed by atoms with Crippen LogP contribution in [0.5, 0.6) is 0 Å². The largest absolute Gasteiger partial charge is 0.399 e. The summed E-state index contributed by atoms with van der Waals surface area (Å²) in [5.74, 6) is 0. The van der Waals surface area contributed by atoms with E-state index in [1.807, 2.05) is 36.4 Å². The third-order valence-electron chi connectivity index (χ3n) is 4.38. The number of carbonyl (C=O) groups is 1. The molecule has 1 heterocycles. The molecule has 4 heteroatoms. The van der Waals surface area contributed by atoms with Crippen LogP contribution in [0.15, 0.2) is 54.1 Å². The average Bonchev–Trinajstić information content (AvgIpc) is 2.54. The number of rotatable bonds is 1. The Morgan fingerprint density at radius 3 is 2.77 bits per heavy atom. The minimum atomic E-state index is -0.164. The Labute approximate surface area is 129 Å². The summed E-state index contributed by atoms with van der Waals surface area (Å²) in [6.45, 7) is 0. The molecule has 2 aliphatic rings. The lowest BCUT2D eigenvalue weighted by Crippen LogP contribution is -2.44. The van der Waals surface area contributed by atoms with Crippen molar-refractivity contribution in [2.75, 3.05) is 5.73 Å². The molecule has 4 rings (SSSR count). The second-order valence-corrected chi connectivity index (χ2v) is 5.76. The highest BCUT2D eigenvalue weighted by molar-refractivity contribution is 5.91. The molecule has 4 N–H and O–H groups in total. The lowest BCUT2D eigenvalue weighted by atomic mass is 9.83. The van der Waals surface area contributed by atoms with Gasteiger partial charge in [-0.1, -0.05) is 36.4 Å². The van der Waals surface area contributed by atoms with Crippen molar-refractivity contribution in [1.82, 2.24) is 10.6 Å². The summed E-state index contributed by atoms with van der Waals surface area (Å²) in [6, 6.07) is 15.7. The number of anilines is 1. The number of benzene rings is 2. The zero-order chi connectivity index (χ0) is 15.1. The SMILES string of the molecule is Nc1cccc(C2NC(=O)NC3=C2CCc2ccccc23)c1. The first-order valence-corrected chi connectivity index (χ1v) is 7.46. The number of nitrogens with one attached hydrogen (secondary N) is 2. The van der Waals surface area contributed by atoms with Crippen molar-refractivity contribution < 1.29 is 4.79 Å². The van der Waals surface area contributed by atoms with E-state index in [0.717, 1.165) is 29.7 Å². The van der Waals surface area contributed by atoms with Crippen LogP contribution in [-0.4, -0.2) is 6.03 Å². The maximum absolute atomic E-state index is 12.1. The molecular weight excluding hydrogens is 274 g/mol. The molecular formula is C18H17N3O. The van der Waals surface area contributed by atoms with Crippen LogP contribution in [-0.2, 0) is 6.42 Å². The topological polar surface area (TPSA) is 67.1 Å². The monoisotopic (exact) mass is 291 g/mol. The molecule has 1 aliphatic carbocycles. The molecule has 0 saturated carbocycles. The van der Waals surface area contributed by atoms with Gasteiger partial charge in [-0.3, -0.25) is 0 Å². The molecule has 2 aromatic carbocycles. The zero-order valence-electron chi connectivity index (χ0n) is 12.1. The number of urea groups is 1. The van der Waals surface area contributed by atoms with Crippen molar-refractivity contribution >= 4 is 17.4 Å². The van der Waals surface area contributed by atoms with Crippen LogP contribution >= 0.6 is 0 Å². The number of nitrogen functional groups attached to an aromatic ring is 1. The van der Waals surface area contributed by atoms with E-state index in [1.54, 1.807) is 0 Å². The van der Waals surface area contributed by atoms with Gasteiger partial charge < -0.3 is 16.4 Å². The van der Waals surface area contributed by atoms with E-state index in [-0.39, 0.29) is 12.1 Å². The highest BCUT2D eigenvalue weighted by Crippen LogP contribution is 2.38. The third-order valence-corrected chi connectivity index (χ3v) is 4.38. The van der Waals surface area contributed by atoms with Gasteiger partial charge in [0.1, 0.15) is 0 Å². The second kappa shape index (κ2) is 4.91. The fourth-order valence-electron chi connectivity index (χ4n) is 3.38. The summed E-state index contributed by atoms with van der Waals surface area (Å²) in [7, 11) is 0. The van der Waals surface area contributed by atoms with Crippen molar-refractivity contribution in [1.29, 1.82) is 0 Å². The summed E-state index contributed by atoms with van der Waals surface area (Å²) in [6.07, 6.45) is 1.92. The standard InChI is InChI=1S/C18H17N3O/c19-13-6-3-5-12(10-13)16-15-9-8-11-4-1-2-7-14(11)17(15)21-18(22)20-16/h1-7,10,16H,8-9,19H2,(H2,20,21,22). The number of fused-ring (bicyclic) bond motifs is 2. The van der Waals surface area contributed by atoms with Crippen LogP contribution in [0.3, 0.4) is 0 Å². The van der Waals surface area contributed by atoms with Gasteiger partial charge in [0.25, 0.3) is 0 Å². The van der Waals surface area contributed by atoms with Gasteiger partial charge in [0.15, 0.2) is 0 Å². The van der Waals surface area contributed by atoms with Crippen LogP contribution in [0.1, 0.15) is 29.2 Å². The van der Waals surface area contributed by atoms with Gasteiger partial charge in [-0.15, -0.1) is 0 Å². The van der Waals surface area contributed by atoms with Crippen LogP contribution in [0, 0.1) is 0 Å². The van der Waals surface area contributed by atoms with Crippen LogP contribution in [0.2, 0.25) is 0 Å². The van der Waals surface area contributed by atoms with Crippen LogP contribution in [0.25, 0.3) is 5.70 Å². The normalized spacial score (nSPS) is 19.8. The molecule has 1 unspecified atom stereocenters. The summed E-state index contributed by atoms with van der Waals surface area (Å²) in [4.78, 5) is 12.1. The van der Waals surface area contributed by atoms with E-state index >= 15 is 0 Å². The van der Waals surface area contributed by atoms with Crippen molar-refractivity contribution in [3.8, 4) is 0 Å². The number of hydrogen-bond donors (Lipinski definition) is 3. The average molecular weight is 291 g/mol. The van der Waals surface area contributed by atoms with Gasteiger partial charge in [0, 0.05) is 11.3 Å². The molecule has 1 aliphatic heterocycles. The number of aryl methyl sites for hydroxylation is 1. The van der Waals surface area contributed by atoms with E-state index < -0.39 is 0 Å². The molecule has 0 radical (unpaired) electrons. The van der Waals surface area contributed by atoms with Crippen molar-refractivity contribution in [3.63, 3.8) is 0 Å². The molecule has 22 heavy (non-hydrogen) atoms. The first kappa shape index (κ1) is 13.0. The Morgan fingerprint density at radius 1 is 1.05 bits per heavy atom. The van der Waals surface area contributed by atoms with Gasteiger partial charge in [-0.05, 0) is 41.7 Å². The minimum Gasteiger partial charge on any atom is -0.399 e. The first-order valence-electron chi connectivity index (χ1n) is 7.46. The first-order chi connectivity index (χ1) is 10.7. The van der Waals surface area contributed by atoms with Gasteiger partial charge in [-0.25, -0.2) is 4.79 Å². The molecule has 110 valence electrons. The fraction of sp³-hybridized carbons (Fsp3) is 0.167. The third kappa shape index (κ3) is 2.04. The Hall–Kier alpha value is -2.75. The molecule has 0 fully saturated rings. The smallest absolute Gasteiger partial charge is 0.319 e. The number of hydrogen-bond acceptors (Lipinski definition) is 2. The maximum Gasteiger partial charge on any atom is 0.319 e. The Bertz CT molecular complexity index is 794. The quantitative estimate of drug-likeness (QED) is 0.707. The number of nitrogens with two attached hydrogens (primary N) is 1. The van der Waals surface area contributed by atoms with Gasteiger partial charge in [-0.2, -0.15) is 0 Å². The lowest BCUT2D eigenvalue weighted by Gasteiger charge is -2.34. The molecule has 0 saturated heterocycles. The summed E-state index contributed by atoms with van der Waals surface area (Å²) in [5.41, 5.74) is 12.2. The molecule has 2 amide bonds. The van der Waals surface area contributed by atoms with E-state index in [4.69, 9.17) is 5.73 Å². The predicted octanol–water partition coefficient (Wildman–Crippen LogP) is 2.98. The summed E-state index contributed by atoms with van der Waals surface area (Å²) in [5, 5.41) is 6.01. The second-order valence-electron chi connectivity index (χ2n) is 5.76. The minimum absolute atomic E-state index is 0.111. The molecule has 0 bridgehead atoms. The highest BCUT2D eigenvalue weighted by Gasteiger charge is 2.31. The van der Waals surface area contributed by atoms with Gasteiger partial charge >= 0.3 is 6.03 Å². The molecule has 0 spiro atoms. The van der Waals surface area contributed by atoms with Gasteiger partial charge in [0.05, 0.1) is 11.7 Å². The van der Waals surface area contributed by atoms with E-state index in [0.29, 0.717) is 5.69 Å². The molecule has 1 atom stereocenters. The summed E-state index contributed by atoms with van der Waals surface area (Å²) < 4.78 is 0. The molecule has 0 aromatic heterocycles. The Balaban J connectivity index is 1.86. The summed E-state index contributed by atoms with van der Waals surface area (Å²) >= 11 is 0. The lowest BCUT2D eigenvalue weighted by molar-refractivity contribution is 0.240. The van der Waals surface area contributed by atoms with E-state index in [2.05, 4.69) is 22.8 Å².